The van der Waals surface area contributed by atoms with E-state index in [0.29, 0.717) is 10.9 Å². The fourth-order valence-electron chi connectivity index (χ4n) is 2.17. The second-order valence-electron chi connectivity index (χ2n) is 4.46. The molecule has 0 spiro atoms. The van der Waals surface area contributed by atoms with Crippen LogP contribution >= 0.6 is 23.2 Å². The summed E-state index contributed by atoms with van der Waals surface area (Å²) in [5, 5.41) is 0.703. The quantitative estimate of drug-likeness (QED) is 0.629. The first kappa shape index (κ1) is 12.5. The monoisotopic (exact) mass is 290 g/mol. The fraction of sp³-hybridized carbons (Fsp3) is 0.133. The number of aryl methyl sites for hydroxylation is 1. The Morgan fingerprint density at radius 3 is 2.53 bits per heavy atom. The van der Waals surface area contributed by atoms with Crippen molar-refractivity contribution in [2.75, 3.05) is 0 Å². The third-order valence-electron chi connectivity index (χ3n) is 3.21. The number of nitrogens with zero attached hydrogens (tertiary/aromatic N) is 2. The van der Waals surface area contributed by atoms with Crippen molar-refractivity contribution in [3.63, 3.8) is 0 Å². The molecule has 0 fully saturated rings. The number of alkyl halides is 1. The molecule has 0 radical (unpaired) electrons. The van der Waals surface area contributed by atoms with E-state index in [0.717, 1.165) is 28.0 Å². The van der Waals surface area contributed by atoms with Crippen LogP contribution in [0.2, 0.25) is 5.02 Å². The summed E-state index contributed by atoms with van der Waals surface area (Å²) in [4.78, 5) is 4.64. The molecule has 96 valence electrons. The molecule has 3 aromatic rings. The van der Waals surface area contributed by atoms with Gasteiger partial charge in [0.15, 0.2) is 0 Å². The zero-order valence-corrected chi connectivity index (χ0v) is 11.9. The minimum Gasteiger partial charge on any atom is -0.327 e. The highest BCUT2D eigenvalue weighted by Crippen LogP contribution is 2.26. The topological polar surface area (TPSA) is 17.8 Å². The molecule has 0 unspecified atom stereocenters. The van der Waals surface area contributed by atoms with Gasteiger partial charge < -0.3 is 4.57 Å². The number of rotatable bonds is 2. The first-order valence-electron chi connectivity index (χ1n) is 5.96. The molecule has 0 saturated carbocycles. The minimum atomic E-state index is 0.526. The molecule has 0 aliphatic carbocycles. The molecule has 0 N–H and O–H groups in total. The second kappa shape index (κ2) is 4.87. The maximum atomic E-state index is 6.00. The lowest BCUT2D eigenvalue weighted by Gasteiger charge is -2.03. The fourth-order valence-corrected chi connectivity index (χ4v) is 2.52. The molecule has 0 atom stereocenters. The molecule has 3 rings (SSSR count). The van der Waals surface area contributed by atoms with E-state index in [4.69, 9.17) is 23.2 Å². The maximum Gasteiger partial charge on any atom is 0.140 e. The third kappa shape index (κ3) is 2.22. The van der Waals surface area contributed by atoms with E-state index in [1.54, 1.807) is 0 Å². The number of imidazole rings is 1. The smallest absolute Gasteiger partial charge is 0.140 e. The molecule has 0 amide bonds. The Morgan fingerprint density at radius 1 is 1.11 bits per heavy atom. The molecule has 1 aromatic heterocycles. The molecular weight excluding hydrogens is 279 g/mol. The Bertz CT molecular complexity index is 730. The Labute approximate surface area is 121 Å². The van der Waals surface area contributed by atoms with E-state index in [-0.39, 0.29) is 0 Å². The highest BCUT2D eigenvalue weighted by molar-refractivity contribution is 6.31. The van der Waals surface area contributed by atoms with Gasteiger partial charge in [0.2, 0.25) is 0 Å². The van der Waals surface area contributed by atoms with Gasteiger partial charge in [0.25, 0.3) is 0 Å². The molecule has 0 saturated heterocycles. The first-order chi connectivity index (χ1) is 9.19. The zero-order valence-electron chi connectivity index (χ0n) is 10.4. The van der Waals surface area contributed by atoms with Gasteiger partial charge in [-0.3, -0.25) is 0 Å². The second-order valence-corrected chi connectivity index (χ2v) is 5.16. The van der Waals surface area contributed by atoms with E-state index in [9.17, 15) is 0 Å². The molecule has 2 nitrogen and oxygen atoms in total. The van der Waals surface area contributed by atoms with Crippen molar-refractivity contribution in [3.8, 4) is 11.4 Å². The average Bonchev–Trinajstić information content (AvgIpc) is 2.75. The van der Waals surface area contributed by atoms with Crippen molar-refractivity contribution in [3.05, 3.63) is 53.1 Å². The molecular formula is C15H12Cl2N2. The van der Waals surface area contributed by atoms with E-state index >= 15 is 0 Å². The minimum absolute atomic E-state index is 0.526. The van der Waals surface area contributed by atoms with Crippen molar-refractivity contribution in [1.29, 1.82) is 0 Å². The Kier molecular flexibility index (Phi) is 3.21. The van der Waals surface area contributed by atoms with Gasteiger partial charge in [0.05, 0.1) is 11.0 Å². The standard InChI is InChI=1S/C15H12Cl2N2/c1-19-14-7-6-12(17)8-13(14)18-15(19)11-4-2-10(9-16)3-5-11/h2-8H,9H2,1H3. The Morgan fingerprint density at radius 2 is 1.84 bits per heavy atom. The summed E-state index contributed by atoms with van der Waals surface area (Å²) in [5.41, 5.74) is 4.16. The van der Waals surface area contributed by atoms with Gasteiger partial charge in [-0.2, -0.15) is 0 Å². The van der Waals surface area contributed by atoms with Gasteiger partial charge in [0.1, 0.15) is 5.82 Å². The number of hydrogen-bond acceptors (Lipinski definition) is 1. The first-order valence-corrected chi connectivity index (χ1v) is 6.87. The van der Waals surface area contributed by atoms with Crippen LogP contribution in [0.3, 0.4) is 0 Å². The van der Waals surface area contributed by atoms with Gasteiger partial charge >= 0.3 is 0 Å². The summed E-state index contributed by atoms with van der Waals surface area (Å²) < 4.78 is 2.07. The van der Waals surface area contributed by atoms with Gasteiger partial charge in [-0.15, -0.1) is 11.6 Å². The SMILES string of the molecule is Cn1c(-c2ccc(CCl)cc2)nc2cc(Cl)ccc21. The summed E-state index contributed by atoms with van der Waals surface area (Å²) in [7, 11) is 2.01. The molecule has 1 heterocycles. The van der Waals surface area contributed by atoms with E-state index in [1.165, 1.54) is 0 Å². The third-order valence-corrected chi connectivity index (χ3v) is 3.75. The number of aromatic nitrogens is 2. The van der Waals surface area contributed by atoms with Crippen molar-refractivity contribution in [2.45, 2.75) is 5.88 Å². The van der Waals surface area contributed by atoms with Crippen LogP contribution in [-0.2, 0) is 12.9 Å². The summed E-state index contributed by atoms with van der Waals surface area (Å²) in [6.45, 7) is 0. The van der Waals surface area contributed by atoms with Gasteiger partial charge in [-0.1, -0.05) is 35.9 Å². The maximum absolute atomic E-state index is 6.00. The summed E-state index contributed by atoms with van der Waals surface area (Å²) >= 11 is 11.8. The van der Waals surface area contributed by atoms with Crippen molar-refractivity contribution in [2.24, 2.45) is 7.05 Å². The zero-order chi connectivity index (χ0) is 13.4. The molecule has 0 aliphatic rings. The highest BCUT2D eigenvalue weighted by atomic mass is 35.5. The molecule has 0 aliphatic heterocycles. The number of fused-ring (bicyclic) bond motifs is 1. The summed E-state index contributed by atoms with van der Waals surface area (Å²) in [6, 6.07) is 13.9. The van der Waals surface area contributed by atoms with Crippen LogP contribution < -0.4 is 0 Å². The van der Waals surface area contributed by atoms with Crippen LogP contribution in [0.4, 0.5) is 0 Å². The predicted octanol–water partition coefficient (Wildman–Crippen LogP) is 4.63. The van der Waals surface area contributed by atoms with Crippen molar-refractivity contribution < 1.29 is 0 Å². The van der Waals surface area contributed by atoms with Gasteiger partial charge in [-0.05, 0) is 23.8 Å². The molecule has 0 bridgehead atoms. The van der Waals surface area contributed by atoms with Crippen LogP contribution in [0.1, 0.15) is 5.56 Å². The molecule has 4 heteroatoms. The average molecular weight is 291 g/mol. The highest BCUT2D eigenvalue weighted by Gasteiger charge is 2.09. The van der Waals surface area contributed by atoms with Gasteiger partial charge in [-0.25, -0.2) is 4.98 Å². The van der Waals surface area contributed by atoms with Crippen LogP contribution in [-0.4, -0.2) is 9.55 Å². The lowest BCUT2D eigenvalue weighted by molar-refractivity contribution is 0.959. The number of halogens is 2. The van der Waals surface area contributed by atoms with Crippen LogP contribution in [0.25, 0.3) is 22.4 Å². The van der Waals surface area contributed by atoms with E-state index in [1.807, 2.05) is 49.5 Å². The van der Waals surface area contributed by atoms with Crippen LogP contribution in [0, 0.1) is 0 Å². The lowest BCUT2D eigenvalue weighted by atomic mass is 10.1. The van der Waals surface area contributed by atoms with Crippen LogP contribution in [0.5, 0.6) is 0 Å². The largest absolute Gasteiger partial charge is 0.327 e. The number of hydrogen-bond donors (Lipinski definition) is 0. The predicted molar refractivity (Wildman–Crippen MR) is 80.7 cm³/mol. The summed E-state index contributed by atoms with van der Waals surface area (Å²) in [6.07, 6.45) is 0. The molecule has 2 aromatic carbocycles. The van der Waals surface area contributed by atoms with Crippen molar-refractivity contribution in [1.82, 2.24) is 9.55 Å². The Hall–Kier alpha value is -1.51. The lowest BCUT2D eigenvalue weighted by Crippen LogP contribution is -1.92. The number of benzene rings is 2. The van der Waals surface area contributed by atoms with Crippen molar-refractivity contribution >= 4 is 34.2 Å². The van der Waals surface area contributed by atoms with Crippen LogP contribution in [0.15, 0.2) is 42.5 Å². The van der Waals surface area contributed by atoms with E-state index < -0.39 is 0 Å². The van der Waals surface area contributed by atoms with Gasteiger partial charge in [0, 0.05) is 23.5 Å². The normalized spacial score (nSPS) is 11.1. The van der Waals surface area contributed by atoms with E-state index in [2.05, 4.69) is 9.55 Å². The molecule has 19 heavy (non-hydrogen) atoms. The summed E-state index contributed by atoms with van der Waals surface area (Å²) in [5.74, 6) is 1.46. The Balaban J connectivity index is 2.15.